The summed E-state index contributed by atoms with van der Waals surface area (Å²) in [5.74, 6) is -0.666. The van der Waals surface area contributed by atoms with Crippen molar-refractivity contribution in [2.24, 2.45) is 17.6 Å². The number of imide groups is 1. The molecule has 3 amide bonds. The lowest BCUT2D eigenvalue weighted by Crippen LogP contribution is -2.55. The minimum Gasteiger partial charge on any atom is -0.328 e. The second-order valence-corrected chi connectivity index (χ2v) is 5.43. The molecule has 0 aromatic heterocycles. The maximum absolute atomic E-state index is 12.3. The smallest absolute Gasteiger partial charge is 0.246 e. The first kappa shape index (κ1) is 13.0. The van der Waals surface area contributed by atoms with Gasteiger partial charge in [0, 0.05) is 12.0 Å². The van der Waals surface area contributed by atoms with Crippen LogP contribution in [0, 0.1) is 11.8 Å². The molecular formula is C12H19N3O3. The minimum absolute atomic E-state index is 0.0231. The van der Waals surface area contributed by atoms with Crippen molar-refractivity contribution in [3.63, 3.8) is 0 Å². The van der Waals surface area contributed by atoms with E-state index in [4.69, 9.17) is 5.73 Å². The molecule has 3 N–H and O–H groups in total. The van der Waals surface area contributed by atoms with Crippen LogP contribution in [0.2, 0.25) is 0 Å². The van der Waals surface area contributed by atoms with Gasteiger partial charge in [-0.2, -0.15) is 0 Å². The van der Waals surface area contributed by atoms with Gasteiger partial charge >= 0.3 is 0 Å². The highest BCUT2D eigenvalue weighted by molar-refractivity contribution is 6.02. The lowest BCUT2D eigenvalue weighted by atomic mass is 9.79. The third-order valence-electron chi connectivity index (χ3n) is 3.59. The molecule has 2 aliphatic rings. The van der Waals surface area contributed by atoms with E-state index in [1.165, 1.54) is 4.90 Å². The molecule has 3 unspecified atom stereocenters. The van der Waals surface area contributed by atoms with Gasteiger partial charge in [0.05, 0.1) is 0 Å². The van der Waals surface area contributed by atoms with Crippen molar-refractivity contribution in [2.75, 3.05) is 13.1 Å². The maximum Gasteiger partial charge on any atom is 0.246 e. The highest BCUT2D eigenvalue weighted by Gasteiger charge is 2.35. The summed E-state index contributed by atoms with van der Waals surface area (Å²) in [6.07, 6.45) is 2.37. The summed E-state index contributed by atoms with van der Waals surface area (Å²) < 4.78 is 0. The van der Waals surface area contributed by atoms with Crippen molar-refractivity contribution >= 4 is 17.7 Å². The zero-order valence-corrected chi connectivity index (χ0v) is 10.5. The largest absolute Gasteiger partial charge is 0.328 e. The Kier molecular flexibility index (Phi) is 3.65. The molecule has 2 fully saturated rings. The van der Waals surface area contributed by atoms with Gasteiger partial charge in [-0.05, 0) is 25.2 Å². The van der Waals surface area contributed by atoms with Crippen LogP contribution in [0.4, 0.5) is 0 Å². The number of carbonyl (C=O) groups excluding carboxylic acids is 3. The molecule has 2 rings (SSSR count). The fourth-order valence-corrected chi connectivity index (χ4v) is 2.91. The molecular weight excluding hydrogens is 234 g/mol. The van der Waals surface area contributed by atoms with Gasteiger partial charge in [0.15, 0.2) is 0 Å². The number of piperazine rings is 1. The summed E-state index contributed by atoms with van der Waals surface area (Å²) in [4.78, 5) is 36.1. The molecule has 100 valence electrons. The van der Waals surface area contributed by atoms with E-state index < -0.39 is 11.8 Å². The minimum atomic E-state index is -0.409. The first-order chi connectivity index (χ1) is 8.45. The molecule has 0 radical (unpaired) electrons. The molecule has 1 aliphatic carbocycles. The molecule has 18 heavy (non-hydrogen) atoms. The van der Waals surface area contributed by atoms with Crippen LogP contribution in [0.15, 0.2) is 0 Å². The van der Waals surface area contributed by atoms with Gasteiger partial charge in [0.1, 0.15) is 13.1 Å². The molecule has 0 bridgehead atoms. The van der Waals surface area contributed by atoms with Gasteiger partial charge in [-0.15, -0.1) is 0 Å². The fraction of sp³-hybridized carbons (Fsp3) is 0.750. The number of nitrogens with two attached hydrogens (primary N) is 1. The number of rotatable bonds is 1. The van der Waals surface area contributed by atoms with Crippen LogP contribution in [0.5, 0.6) is 0 Å². The summed E-state index contributed by atoms with van der Waals surface area (Å²) >= 11 is 0. The van der Waals surface area contributed by atoms with E-state index in [0.717, 1.165) is 12.8 Å². The average Bonchev–Trinajstić information content (AvgIpc) is 2.25. The normalized spacial score (nSPS) is 33.2. The molecule has 6 heteroatoms. The lowest BCUT2D eigenvalue weighted by Gasteiger charge is -2.34. The Morgan fingerprint density at radius 3 is 2.39 bits per heavy atom. The first-order valence-electron chi connectivity index (χ1n) is 6.32. The number of amides is 3. The third-order valence-corrected chi connectivity index (χ3v) is 3.59. The highest BCUT2D eigenvalue weighted by atomic mass is 16.2. The molecule has 1 saturated carbocycles. The van der Waals surface area contributed by atoms with E-state index in [1.54, 1.807) is 0 Å². The van der Waals surface area contributed by atoms with Crippen molar-refractivity contribution in [3.8, 4) is 0 Å². The SMILES string of the molecule is CC1CC(N)CC(C(=O)N2CC(=O)NC(=O)C2)C1. The molecule has 0 spiro atoms. The second kappa shape index (κ2) is 5.06. The van der Waals surface area contributed by atoms with Crippen LogP contribution in [-0.2, 0) is 14.4 Å². The number of hydrogen-bond acceptors (Lipinski definition) is 4. The van der Waals surface area contributed by atoms with Gasteiger partial charge in [-0.3, -0.25) is 19.7 Å². The quantitative estimate of drug-likeness (QED) is 0.600. The van der Waals surface area contributed by atoms with E-state index in [9.17, 15) is 14.4 Å². The molecule has 1 heterocycles. The zero-order chi connectivity index (χ0) is 13.3. The average molecular weight is 253 g/mol. The Balaban J connectivity index is 2.01. The van der Waals surface area contributed by atoms with E-state index in [0.29, 0.717) is 12.3 Å². The molecule has 1 saturated heterocycles. The number of hydrogen-bond donors (Lipinski definition) is 2. The number of carbonyl (C=O) groups is 3. The van der Waals surface area contributed by atoms with Gasteiger partial charge in [-0.25, -0.2) is 0 Å². The third kappa shape index (κ3) is 2.87. The second-order valence-electron chi connectivity index (χ2n) is 5.43. The molecule has 0 aromatic rings. The highest BCUT2D eigenvalue weighted by Crippen LogP contribution is 2.29. The van der Waals surface area contributed by atoms with Crippen molar-refractivity contribution in [1.82, 2.24) is 10.2 Å². The number of nitrogens with one attached hydrogen (secondary N) is 1. The van der Waals surface area contributed by atoms with Crippen LogP contribution in [0.1, 0.15) is 26.2 Å². The topological polar surface area (TPSA) is 92.5 Å². The summed E-state index contributed by atoms with van der Waals surface area (Å²) in [5.41, 5.74) is 5.92. The van der Waals surface area contributed by atoms with E-state index in [2.05, 4.69) is 12.2 Å². The Bertz CT molecular complexity index is 357. The maximum atomic E-state index is 12.3. The van der Waals surface area contributed by atoms with Gasteiger partial charge in [-0.1, -0.05) is 6.92 Å². The zero-order valence-electron chi connectivity index (χ0n) is 10.5. The Hall–Kier alpha value is -1.43. The van der Waals surface area contributed by atoms with Gasteiger partial charge in [0.25, 0.3) is 0 Å². The van der Waals surface area contributed by atoms with Crippen molar-refractivity contribution in [2.45, 2.75) is 32.2 Å². The van der Waals surface area contributed by atoms with Crippen LogP contribution >= 0.6 is 0 Å². The monoisotopic (exact) mass is 253 g/mol. The standard InChI is InChI=1S/C12H19N3O3/c1-7-2-8(4-9(13)3-7)12(18)15-5-10(16)14-11(17)6-15/h7-9H,2-6,13H2,1H3,(H,14,16,17). The number of nitrogens with zero attached hydrogens (tertiary/aromatic N) is 1. The van der Waals surface area contributed by atoms with Crippen LogP contribution in [0.3, 0.4) is 0 Å². The summed E-state index contributed by atoms with van der Waals surface area (Å²) in [5, 5.41) is 2.19. The van der Waals surface area contributed by atoms with Crippen molar-refractivity contribution < 1.29 is 14.4 Å². The molecule has 6 nitrogen and oxygen atoms in total. The summed E-state index contributed by atoms with van der Waals surface area (Å²) in [7, 11) is 0. The van der Waals surface area contributed by atoms with Crippen molar-refractivity contribution in [3.05, 3.63) is 0 Å². The predicted molar refractivity (Wildman–Crippen MR) is 64.2 cm³/mol. The van der Waals surface area contributed by atoms with E-state index >= 15 is 0 Å². The first-order valence-corrected chi connectivity index (χ1v) is 6.32. The Labute approximate surface area is 106 Å². The van der Waals surface area contributed by atoms with E-state index in [-0.39, 0.29) is 31.0 Å². The van der Waals surface area contributed by atoms with Crippen LogP contribution in [-0.4, -0.2) is 41.8 Å². The van der Waals surface area contributed by atoms with Gasteiger partial charge in [0.2, 0.25) is 17.7 Å². The fourth-order valence-electron chi connectivity index (χ4n) is 2.91. The molecule has 0 aromatic carbocycles. The van der Waals surface area contributed by atoms with Crippen LogP contribution in [0.25, 0.3) is 0 Å². The molecule has 1 aliphatic heterocycles. The van der Waals surface area contributed by atoms with E-state index in [1.807, 2.05) is 0 Å². The van der Waals surface area contributed by atoms with Crippen molar-refractivity contribution in [1.29, 1.82) is 0 Å². The molecule has 3 atom stereocenters. The van der Waals surface area contributed by atoms with Crippen LogP contribution < -0.4 is 11.1 Å². The summed E-state index contributed by atoms with van der Waals surface area (Å²) in [6.45, 7) is 2.03. The predicted octanol–water partition coefficient (Wildman–Crippen LogP) is -0.765. The van der Waals surface area contributed by atoms with Gasteiger partial charge < -0.3 is 10.6 Å². The Morgan fingerprint density at radius 1 is 1.22 bits per heavy atom. The summed E-state index contributed by atoms with van der Waals surface area (Å²) in [6, 6.07) is 0.0389. The lowest BCUT2D eigenvalue weighted by molar-refractivity contribution is -0.148. The Morgan fingerprint density at radius 2 is 1.83 bits per heavy atom.